The van der Waals surface area contributed by atoms with Crippen molar-refractivity contribution in [2.75, 3.05) is 9.80 Å². The summed E-state index contributed by atoms with van der Waals surface area (Å²) in [6.07, 6.45) is 8.74. The average molecular weight is 567 g/mol. The Hall–Kier alpha value is -5.60. The number of benzene rings is 6. The number of para-hydroxylation sites is 3. The highest BCUT2D eigenvalue weighted by Gasteiger charge is 2.16. The fourth-order valence-electron chi connectivity index (χ4n) is 5.90. The van der Waals surface area contributed by atoms with E-state index in [2.05, 4.69) is 192 Å². The zero-order valence-electron chi connectivity index (χ0n) is 24.6. The van der Waals surface area contributed by atoms with Gasteiger partial charge in [0.2, 0.25) is 0 Å². The molecule has 2 nitrogen and oxygen atoms in total. The van der Waals surface area contributed by atoms with Gasteiger partial charge < -0.3 is 9.80 Å². The van der Waals surface area contributed by atoms with Crippen LogP contribution in [0.5, 0.6) is 0 Å². The first-order valence-corrected chi connectivity index (χ1v) is 15.3. The van der Waals surface area contributed by atoms with E-state index in [1.54, 1.807) is 0 Å². The maximum atomic E-state index is 2.37. The van der Waals surface area contributed by atoms with E-state index in [1.807, 2.05) is 0 Å². The third-order valence-electron chi connectivity index (χ3n) is 8.12. The SMILES string of the molecule is C1=CCCC(N(c2ccccc2)c2ccc(-c3ccc(-c4ccc(N(c5ccccc5)c5ccccc5)cc4)cc3)cc2)=C1. The van der Waals surface area contributed by atoms with E-state index < -0.39 is 0 Å². The highest BCUT2D eigenvalue weighted by molar-refractivity contribution is 5.79. The Bertz CT molecular complexity index is 1820. The van der Waals surface area contributed by atoms with E-state index >= 15 is 0 Å². The van der Waals surface area contributed by atoms with Crippen LogP contribution in [0.1, 0.15) is 12.8 Å². The van der Waals surface area contributed by atoms with E-state index in [-0.39, 0.29) is 0 Å². The molecule has 0 heterocycles. The van der Waals surface area contributed by atoms with Crippen molar-refractivity contribution >= 4 is 28.4 Å². The molecule has 0 amide bonds. The van der Waals surface area contributed by atoms with Crippen molar-refractivity contribution in [2.45, 2.75) is 12.8 Å². The third-order valence-corrected chi connectivity index (χ3v) is 8.12. The van der Waals surface area contributed by atoms with Crippen molar-refractivity contribution < 1.29 is 0 Å². The van der Waals surface area contributed by atoms with Crippen LogP contribution in [0.15, 0.2) is 188 Å². The molecule has 6 aromatic carbocycles. The minimum absolute atomic E-state index is 1.03. The number of rotatable bonds is 8. The Kier molecular flexibility index (Phi) is 7.88. The average Bonchev–Trinajstić information content (AvgIpc) is 3.11. The lowest BCUT2D eigenvalue weighted by Gasteiger charge is -2.29. The fraction of sp³-hybridized carbons (Fsp3) is 0.0476. The molecule has 7 rings (SSSR count). The lowest BCUT2D eigenvalue weighted by atomic mass is 9.99. The summed E-state index contributed by atoms with van der Waals surface area (Å²) in [6, 6.07) is 58.3. The largest absolute Gasteiger partial charge is 0.314 e. The molecule has 0 saturated heterocycles. The summed E-state index contributed by atoms with van der Waals surface area (Å²) in [4.78, 5) is 4.66. The van der Waals surface area contributed by atoms with Gasteiger partial charge in [0, 0.05) is 34.1 Å². The van der Waals surface area contributed by atoms with Crippen LogP contribution in [0.3, 0.4) is 0 Å². The highest BCUT2D eigenvalue weighted by atomic mass is 15.1. The smallest absolute Gasteiger partial charge is 0.0462 e. The molecule has 2 heteroatoms. The van der Waals surface area contributed by atoms with E-state index in [0.717, 1.165) is 29.9 Å². The quantitative estimate of drug-likeness (QED) is 0.181. The van der Waals surface area contributed by atoms with Crippen molar-refractivity contribution in [2.24, 2.45) is 0 Å². The summed E-state index contributed by atoms with van der Waals surface area (Å²) in [6.45, 7) is 0. The van der Waals surface area contributed by atoms with Gasteiger partial charge >= 0.3 is 0 Å². The summed E-state index contributed by atoms with van der Waals surface area (Å²) in [7, 11) is 0. The lowest BCUT2D eigenvalue weighted by Crippen LogP contribution is -2.17. The second-order valence-electron chi connectivity index (χ2n) is 11.0. The molecule has 0 atom stereocenters. The van der Waals surface area contributed by atoms with Gasteiger partial charge in [-0.2, -0.15) is 0 Å². The molecule has 0 aromatic heterocycles. The van der Waals surface area contributed by atoms with Crippen LogP contribution in [0.4, 0.5) is 28.4 Å². The van der Waals surface area contributed by atoms with Crippen LogP contribution in [0.2, 0.25) is 0 Å². The zero-order valence-corrected chi connectivity index (χ0v) is 24.6. The number of nitrogens with zero attached hydrogens (tertiary/aromatic N) is 2. The summed E-state index contributed by atoms with van der Waals surface area (Å²) < 4.78 is 0. The van der Waals surface area contributed by atoms with E-state index in [0.29, 0.717) is 0 Å². The standard InChI is InChI=1S/C42H34N2/c1-5-13-37(14-6-1)43(38-15-7-2-8-16-38)41-29-25-35(26-30-41)33-21-23-34(24-22-33)36-27-31-42(32-28-36)44(39-17-9-3-10-18-39)40-19-11-4-12-20-40/h1-11,13-19,21-32H,12,20H2. The van der Waals surface area contributed by atoms with Gasteiger partial charge in [0.1, 0.15) is 0 Å². The Morgan fingerprint density at radius 1 is 0.341 bits per heavy atom. The zero-order chi connectivity index (χ0) is 29.6. The summed E-state index contributed by atoms with van der Waals surface area (Å²) in [5.41, 5.74) is 11.9. The first-order valence-electron chi connectivity index (χ1n) is 15.3. The van der Waals surface area contributed by atoms with Crippen molar-refractivity contribution in [3.8, 4) is 22.3 Å². The molecule has 0 radical (unpaired) electrons. The molecule has 0 saturated carbocycles. The Balaban J connectivity index is 1.12. The van der Waals surface area contributed by atoms with Gasteiger partial charge in [-0.15, -0.1) is 0 Å². The van der Waals surface area contributed by atoms with Crippen molar-refractivity contribution in [3.05, 3.63) is 188 Å². The molecule has 0 aliphatic heterocycles. The lowest BCUT2D eigenvalue weighted by molar-refractivity contribution is 0.918. The predicted molar refractivity (Wildman–Crippen MR) is 187 cm³/mol. The van der Waals surface area contributed by atoms with Crippen LogP contribution in [-0.2, 0) is 0 Å². The van der Waals surface area contributed by atoms with Crippen LogP contribution in [0, 0.1) is 0 Å². The molecule has 0 bridgehead atoms. The Morgan fingerprint density at radius 3 is 1.07 bits per heavy atom. The molecular weight excluding hydrogens is 532 g/mol. The normalized spacial score (nSPS) is 12.4. The first kappa shape index (κ1) is 27.2. The number of allylic oxidation sites excluding steroid dienone is 4. The van der Waals surface area contributed by atoms with Gasteiger partial charge in [-0.25, -0.2) is 0 Å². The highest BCUT2D eigenvalue weighted by Crippen LogP contribution is 2.37. The predicted octanol–water partition coefficient (Wildman–Crippen LogP) is 11.9. The molecule has 44 heavy (non-hydrogen) atoms. The fourth-order valence-corrected chi connectivity index (χ4v) is 5.90. The van der Waals surface area contributed by atoms with Crippen LogP contribution in [-0.4, -0.2) is 0 Å². The third kappa shape index (κ3) is 5.84. The second-order valence-corrected chi connectivity index (χ2v) is 11.0. The molecule has 0 unspecified atom stereocenters. The van der Waals surface area contributed by atoms with E-state index in [4.69, 9.17) is 0 Å². The van der Waals surface area contributed by atoms with Gasteiger partial charge in [-0.3, -0.25) is 0 Å². The molecule has 0 fully saturated rings. The summed E-state index contributed by atoms with van der Waals surface area (Å²) in [5.74, 6) is 0. The van der Waals surface area contributed by atoms with Crippen LogP contribution < -0.4 is 9.80 Å². The Labute approximate surface area is 260 Å². The minimum Gasteiger partial charge on any atom is -0.314 e. The second kappa shape index (κ2) is 12.7. The Morgan fingerprint density at radius 2 is 0.682 bits per heavy atom. The monoisotopic (exact) mass is 566 g/mol. The van der Waals surface area contributed by atoms with Crippen molar-refractivity contribution in [1.82, 2.24) is 0 Å². The summed E-state index contributed by atoms with van der Waals surface area (Å²) in [5, 5.41) is 0. The molecule has 212 valence electrons. The minimum atomic E-state index is 1.03. The molecule has 1 aliphatic carbocycles. The number of anilines is 5. The van der Waals surface area contributed by atoms with Gasteiger partial charge in [-0.1, -0.05) is 115 Å². The number of hydrogen-bond donors (Lipinski definition) is 0. The molecule has 6 aromatic rings. The van der Waals surface area contributed by atoms with E-state index in [9.17, 15) is 0 Å². The molecule has 0 N–H and O–H groups in total. The van der Waals surface area contributed by atoms with Gasteiger partial charge in [-0.05, 0) is 102 Å². The molecule has 1 aliphatic rings. The number of hydrogen-bond acceptors (Lipinski definition) is 2. The maximum Gasteiger partial charge on any atom is 0.0462 e. The van der Waals surface area contributed by atoms with Gasteiger partial charge in [0.25, 0.3) is 0 Å². The van der Waals surface area contributed by atoms with Crippen LogP contribution in [0.25, 0.3) is 22.3 Å². The van der Waals surface area contributed by atoms with Crippen molar-refractivity contribution in [1.29, 1.82) is 0 Å². The first-order chi connectivity index (χ1) is 21.8. The topological polar surface area (TPSA) is 6.48 Å². The maximum absolute atomic E-state index is 2.37. The van der Waals surface area contributed by atoms with Crippen LogP contribution >= 0.6 is 0 Å². The van der Waals surface area contributed by atoms with Gasteiger partial charge in [0.05, 0.1) is 0 Å². The van der Waals surface area contributed by atoms with Crippen molar-refractivity contribution in [3.63, 3.8) is 0 Å². The molecule has 0 spiro atoms. The van der Waals surface area contributed by atoms with E-state index in [1.165, 1.54) is 39.3 Å². The summed E-state index contributed by atoms with van der Waals surface area (Å²) >= 11 is 0. The molecular formula is C42H34N2. The van der Waals surface area contributed by atoms with Gasteiger partial charge in [0.15, 0.2) is 0 Å².